The van der Waals surface area contributed by atoms with Gasteiger partial charge < -0.3 is 15.0 Å². The Balaban J connectivity index is 2.28. The molecule has 1 N–H and O–H groups in total. The molecule has 1 aliphatic rings. The van der Waals surface area contributed by atoms with Gasteiger partial charge in [-0.2, -0.15) is 0 Å². The molecule has 1 unspecified atom stereocenters. The molecule has 4 heteroatoms. The summed E-state index contributed by atoms with van der Waals surface area (Å²) in [6, 6.07) is -0.723. The summed E-state index contributed by atoms with van der Waals surface area (Å²) in [7, 11) is 0. The highest BCUT2D eigenvalue weighted by Gasteiger charge is 2.37. The lowest BCUT2D eigenvalue weighted by Crippen LogP contribution is -2.52. The summed E-state index contributed by atoms with van der Waals surface area (Å²) in [4.78, 5) is 11.2. The molecule has 0 aliphatic carbocycles. The van der Waals surface area contributed by atoms with Gasteiger partial charge in [0.1, 0.15) is 0 Å². The van der Waals surface area contributed by atoms with E-state index < -0.39 is 16.7 Å². The number of carboxylic acids is 1. The number of rotatable bonds is 9. The van der Waals surface area contributed by atoms with E-state index in [9.17, 15) is 15.1 Å². The minimum Gasteiger partial charge on any atom is -0.632 e. The maximum absolute atomic E-state index is 12.4. The van der Waals surface area contributed by atoms with E-state index in [1.54, 1.807) is 0 Å². The van der Waals surface area contributed by atoms with E-state index in [1.165, 1.54) is 25.7 Å². The van der Waals surface area contributed by atoms with E-state index in [0.717, 1.165) is 25.7 Å². The highest BCUT2D eigenvalue weighted by Crippen LogP contribution is 2.25. The number of unbranched alkanes of at least 4 members (excludes halogenated alkanes) is 5. The van der Waals surface area contributed by atoms with Crippen molar-refractivity contribution < 1.29 is 14.5 Å². The van der Waals surface area contributed by atoms with Gasteiger partial charge in [-0.25, -0.2) is 4.79 Å². The first kappa shape index (κ1) is 15.4. The van der Waals surface area contributed by atoms with Gasteiger partial charge in [0.2, 0.25) is 0 Å². The number of hydroxylamine groups is 3. The van der Waals surface area contributed by atoms with Crippen LogP contribution in [-0.2, 0) is 4.79 Å². The summed E-state index contributed by atoms with van der Waals surface area (Å²) >= 11 is 0. The van der Waals surface area contributed by atoms with E-state index in [-0.39, 0.29) is 0 Å². The monoisotopic (exact) mass is 257 g/mol. The highest BCUT2D eigenvalue weighted by atomic mass is 16.6. The zero-order valence-electron chi connectivity index (χ0n) is 11.6. The molecule has 1 fully saturated rings. The standard InChI is InChI=1S/C14H27NO3/c1-2-3-4-5-6-7-10-13(14(16)17)15(18)11-8-9-12-15/h13H,2-12H2,1H3,(H,16,17). The van der Waals surface area contributed by atoms with Crippen LogP contribution in [-0.4, -0.2) is 34.9 Å². The number of quaternary nitrogens is 1. The summed E-state index contributed by atoms with van der Waals surface area (Å²) in [5.41, 5.74) is 0. The predicted octanol–water partition coefficient (Wildman–Crippen LogP) is 3.30. The Bertz CT molecular complexity index is 249. The Hall–Kier alpha value is -0.610. The van der Waals surface area contributed by atoms with E-state index >= 15 is 0 Å². The molecule has 18 heavy (non-hydrogen) atoms. The Labute approximate surface area is 110 Å². The summed E-state index contributed by atoms with van der Waals surface area (Å²) in [6.07, 6.45) is 9.11. The fourth-order valence-electron chi connectivity index (χ4n) is 2.86. The zero-order chi connectivity index (χ0) is 13.4. The quantitative estimate of drug-likeness (QED) is 0.391. The minimum absolute atomic E-state index is 0.482. The minimum atomic E-state index is -0.902. The van der Waals surface area contributed by atoms with Gasteiger partial charge in [0.15, 0.2) is 6.04 Å². The van der Waals surface area contributed by atoms with Gasteiger partial charge >= 0.3 is 5.97 Å². The molecule has 0 saturated carbocycles. The third-order valence-corrected chi connectivity index (χ3v) is 4.01. The van der Waals surface area contributed by atoms with Crippen molar-refractivity contribution in [3.63, 3.8) is 0 Å². The summed E-state index contributed by atoms with van der Waals surface area (Å²) in [6.45, 7) is 3.17. The number of carbonyl (C=O) groups is 1. The Morgan fingerprint density at radius 2 is 1.72 bits per heavy atom. The molecule has 0 aromatic rings. The Kier molecular flexibility index (Phi) is 6.65. The SMILES string of the molecule is CCCCCCCCC(C(=O)O)[N+]1([O-])CCCC1. The van der Waals surface area contributed by atoms with Crippen LogP contribution in [0, 0.1) is 5.21 Å². The van der Waals surface area contributed by atoms with Crippen molar-refractivity contribution in [3.05, 3.63) is 5.21 Å². The van der Waals surface area contributed by atoms with Crippen LogP contribution in [0.25, 0.3) is 0 Å². The molecule has 106 valence electrons. The van der Waals surface area contributed by atoms with Gasteiger partial charge in [-0.3, -0.25) is 0 Å². The maximum Gasteiger partial charge on any atom is 0.362 e. The molecule has 0 aromatic heterocycles. The number of aliphatic carboxylic acids is 1. The molecular formula is C14H27NO3. The summed E-state index contributed by atoms with van der Waals surface area (Å²) < 4.78 is -0.482. The van der Waals surface area contributed by atoms with Gasteiger partial charge in [-0.1, -0.05) is 39.0 Å². The third-order valence-electron chi connectivity index (χ3n) is 4.01. The third kappa shape index (κ3) is 4.58. The van der Waals surface area contributed by atoms with E-state index in [2.05, 4.69) is 6.92 Å². The second-order valence-electron chi connectivity index (χ2n) is 5.52. The van der Waals surface area contributed by atoms with Crippen LogP contribution in [0.4, 0.5) is 0 Å². The van der Waals surface area contributed by atoms with Crippen molar-refractivity contribution in [1.29, 1.82) is 0 Å². The lowest BCUT2D eigenvalue weighted by molar-refractivity contribution is -0.885. The predicted molar refractivity (Wildman–Crippen MR) is 72.0 cm³/mol. The molecule has 0 amide bonds. The topological polar surface area (TPSA) is 60.4 Å². The average molecular weight is 257 g/mol. The number of nitrogens with zero attached hydrogens (tertiary/aromatic N) is 1. The van der Waals surface area contributed by atoms with Crippen LogP contribution in [0.2, 0.25) is 0 Å². The molecule has 1 atom stereocenters. The molecule has 0 radical (unpaired) electrons. The van der Waals surface area contributed by atoms with Crippen LogP contribution in [0.5, 0.6) is 0 Å². The van der Waals surface area contributed by atoms with Gasteiger partial charge in [0.25, 0.3) is 0 Å². The Morgan fingerprint density at radius 3 is 2.28 bits per heavy atom. The maximum atomic E-state index is 12.4. The summed E-state index contributed by atoms with van der Waals surface area (Å²) in [5.74, 6) is -0.902. The number of hydrogen-bond acceptors (Lipinski definition) is 2. The fraction of sp³-hybridized carbons (Fsp3) is 0.929. The lowest BCUT2D eigenvalue weighted by Gasteiger charge is -2.43. The second kappa shape index (κ2) is 7.74. The second-order valence-corrected chi connectivity index (χ2v) is 5.52. The molecule has 1 rings (SSSR count). The zero-order valence-corrected chi connectivity index (χ0v) is 11.6. The molecule has 1 saturated heterocycles. The average Bonchev–Trinajstić information content (AvgIpc) is 2.75. The lowest BCUT2D eigenvalue weighted by atomic mass is 10.0. The van der Waals surface area contributed by atoms with Crippen LogP contribution in [0.3, 0.4) is 0 Å². The molecule has 4 nitrogen and oxygen atoms in total. The first-order valence-corrected chi connectivity index (χ1v) is 7.40. The van der Waals surface area contributed by atoms with Crippen molar-refractivity contribution in [2.45, 2.75) is 70.8 Å². The Morgan fingerprint density at radius 1 is 1.17 bits per heavy atom. The molecular weight excluding hydrogens is 230 g/mol. The first-order valence-electron chi connectivity index (χ1n) is 7.40. The van der Waals surface area contributed by atoms with Gasteiger partial charge in [-0.05, 0) is 6.42 Å². The van der Waals surface area contributed by atoms with Crippen molar-refractivity contribution in [2.24, 2.45) is 0 Å². The fourth-order valence-corrected chi connectivity index (χ4v) is 2.86. The molecule has 0 spiro atoms. The van der Waals surface area contributed by atoms with Crippen LogP contribution in [0.1, 0.15) is 64.7 Å². The van der Waals surface area contributed by atoms with E-state index in [0.29, 0.717) is 19.5 Å². The summed E-state index contributed by atoms with van der Waals surface area (Å²) in [5, 5.41) is 21.6. The largest absolute Gasteiger partial charge is 0.632 e. The van der Waals surface area contributed by atoms with E-state index in [1.807, 2.05) is 0 Å². The molecule has 0 bridgehead atoms. The number of hydrogen-bond donors (Lipinski definition) is 1. The number of carboxylic acid groups (broad SMARTS) is 1. The molecule has 1 heterocycles. The van der Waals surface area contributed by atoms with Gasteiger partial charge in [-0.15, -0.1) is 0 Å². The first-order chi connectivity index (χ1) is 8.60. The normalized spacial score (nSPS) is 19.9. The molecule has 0 aromatic carbocycles. The van der Waals surface area contributed by atoms with Crippen molar-refractivity contribution in [3.8, 4) is 0 Å². The van der Waals surface area contributed by atoms with Crippen LogP contribution >= 0.6 is 0 Å². The smallest absolute Gasteiger partial charge is 0.362 e. The van der Waals surface area contributed by atoms with E-state index in [4.69, 9.17) is 0 Å². The van der Waals surface area contributed by atoms with Crippen molar-refractivity contribution in [2.75, 3.05) is 13.1 Å². The molecule has 1 aliphatic heterocycles. The van der Waals surface area contributed by atoms with Gasteiger partial charge in [0, 0.05) is 19.3 Å². The van der Waals surface area contributed by atoms with Gasteiger partial charge in [0.05, 0.1) is 13.1 Å². The van der Waals surface area contributed by atoms with Crippen LogP contribution < -0.4 is 0 Å². The highest BCUT2D eigenvalue weighted by molar-refractivity contribution is 5.72. The van der Waals surface area contributed by atoms with Crippen molar-refractivity contribution in [1.82, 2.24) is 0 Å². The number of likely N-dealkylation sites (tertiary alicyclic amines) is 1. The van der Waals surface area contributed by atoms with Crippen molar-refractivity contribution >= 4 is 5.97 Å². The van der Waals surface area contributed by atoms with Crippen LogP contribution in [0.15, 0.2) is 0 Å².